The van der Waals surface area contributed by atoms with E-state index in [1.807, 2.05) is 6.07 Å². The molecule has 0 aliphatic carbocycles. The number of aldehydes is 1. The lowest BCUT2D eigenvalue weighted by atomic mass is 10.3. The molecule has 3 heteroatoms. The van der Waals surface area contributed by atoms with Crippen molar-refractivity contribution in [1.29, 1.82) is 0 Å². The van der Waals surface area contributed by atoms with Crippen LogP contribution in [0, 0.1) is 11.8 Å². The summed E-state index contributed by atoms with van der Waals surface area (Å²) in [6, 6.07) is 3.64. The van der Waals surface area contributed by atoms with E-state index in [9.17, 15) is 4.79 Å². The molecule has 0 atom stereocenters. The van der Waals surface area contributed by atoms with Crippen LogP contribution in [0.3, 0.4) is 0 Å². The Morgan fingerprint density at radius 1 is 1.67 bits per heavy atom. The number of hydrogen-bond acceptors (Lipinski definition) is 2. The lowest BCUT2D eigenvalue weighted by molar-refractivity contribution is -0.107. The van der Waals surface area contributed by atoms with Crippen molar-refractivity contribution in [3.63, 3.8) is 0 Å². The minimum atomic E-state index is 0.265. The van der Waals surface area contributed by atoms with Gasteiger partial charge in [-0.2, -0.15) is 0 Å². The van der Waals surface area contributed by atoms with E-state index in [0.29, 0.717) is 4.60 Å². The van der Waals surface area contributed by atoms with Crippen LogP contribution in [0.25, 0.3) is 0 Å². The molecule has 0 saturated carbocycles. The van der Waals surface area contributed by atoms with Crippen LogP contribution in [0.15, 0.2) is 22.9 Å². The number of carbonyl (C=O) groups is 1. The maximum atomic E-state index is 9.95. The summed E-state index contributed by atoms with van der Waals surface area (Å²) in [6.07, 6.45) is 2.72. The van der Waals surface area contributed by atoms with Crippen molar-refractivity contribution >= 4 is 22.2 Å². The third-order valence-electron chi connectivity index (χ3n) is 1.17. The second-order valence-electron chi connectivity index (χ2n) is 2.01. The van der Waals surface area contributed by atoms with Crippen molar-refractivity contribution in [2.75, 3.05) is 0 Å². The van der Waals surface area contributed by atoms with Gasteiger partial charge in [0.15, 0.2) is 0 Å². The van der Waals surface area contributed by atoms with Crippen LogP contribution >= 0.6 is 15.9 Å². The van der Waals surface area contributed by atoms with Crippen LogP contribution in [0.2, 0.25) is 0 Å². The first-order valence-electron chi connectivity index (χ1n) is 3.37. The Labute approximate surface area is 79.1 Å². The molecule has 0 bridgehead atoms. The van der Waals surface area contributed by atoms with E-state index in [1.165, 1.54) is 0 Å². The van der Waals surface area contributed by atoms with Crippen LogP contribution in [0.4, 0.5) is 0 Å². The third kappa shape index (κ3) is 2.48. The molecule has 0 unspecified atom stereocenters. The summed E-state index contributed by atoms with van der Waals surface area (Å²) in [5, 5.41) is 0. The molecular formula is C9H6BrNO. The Kier molecular flexibility index (Phi) is 3.49. The molecule has 0 saturated heterocycles. The molecule has 1 aromatic heterocycles. The van der Waals surface area contributed by atoms with E-state index in [2.05, 4.69) is 32.8 Å². The Morgan fingerprint density at radius 2 is 2.50 bits per heavy atom. The molecule has 0 radical (unpaired) electrons. The molecule has 1 rings (SSSR count). The van der Waals surface area contributed by atoms with Gasteiger partial charge in [0.05, 0.1) is 12.0 Å². The molecule has 60 valence electrons. The van der Waals surface area contributed by atoms with Gasteiger partial charge in [-0.15, -0.1) is 0 Å². The molecule has 0 aliphatic rings. The maximum Gasteiger partial charge on any atom is 0.131 e. The summed E-state index contributed by atoms with van der Waals surface area (Å²) in [4.78, 5) is 13.9. The summed E-state index contributed by atoms with van der Waals surface area (Å²) in [7, 11) is 0. The van der Waals surface area contributed by atoms with Gasteiger partial charge in [0.2, 0.25) is 0 Å². The smallest absolute Gasteiger partial charge is 0.131 e. The number of nitrogens with zero attached hydrogens (tertiary/aromatic N) is 1. The van der Waals surface area contributed by atoms with Gasteiger partial charge in [-0.25, -0.2) is 4.98 Å². The van der Waals surface area contributed by atoms with Gasteiger partial charge in [-0.3, -0.25) is 0 Å². The molecule has 1 heterocycles. The van der Waals surface area contributed by atoms with E-state index < -0.39 is 0 Å². The SMILES string of the molecule is O=CCC#Cc1cccnc1Br. The number of aromatic nitrogens is 1. The molecule has 0 fully saturated rings. The van der Waals surface area contributed by atoms with Crippen LogP contribution in [-0.2, 0) is 4.79 Å². The molecule has 0 aliphatic heterocycles. The lowest BCUT2D eigenvalue weighted by Gasteiger charge is -1.90. The van der Waals surface area contributed by atoms with E-state index in [4.69, 9.17) is 0 Å². The fourth-order valence-corrected chi connectivity index (χ4v) is 1.02. The number of carbonyl (C=O) groups excluding carboxylic acids is 1. The van der Waals surface area contributed by atoms with E-state index >= 15 is 0 Å². The van der Waals surface area contributed by atoms with E-state index in [0.717, 1.165) is 11.8 Å². The molecule has 12 heavy (non-hydrogen) atoms. The standard InChI is InChI=1S/C9H6BrNO/c10-9-8(4-1-2-7-12)5-3-6-11-9/h3,5-7H,2H2. The summed E-state index contributed by atoms with van der Waals surface area (Å²) >= 11 is 3.25. The van der Waals surface area contributed by atoms with Crippen molar-refractivity contribution < 1.29 is 4.79 Å². The maximum absolute atomic E-state index is 9.95. The summed E-state index contributed by atoms with van der Waals surface area (Å²) in [5.74, 6) is 5.53. The monoisotopic (exact) mass is 223 g/mol. The minimum absolute atomic E-state index is 0.265. The first kappa shape index (κ1) is 8.95. The van der Waals surface area contributed by atoms with E-state index in [1.54, 1.807) is 12.3 Å². The molecule has 1 aromatic rings. The zero-order valence-electron chi connectivity index (χ0n) is 6.25. The van der Waals surface area contributed by atoms with Gasteiger partial charge in [0.25, 0.3) is 0 Å². The van der Waals surface area contributed by atoms with Gasteiger partial charge in [-0.05, 0) is 28.1 Å². The molecule has 0 spiro atoms. The highest BCUT2D eigenvalue weighted by molar-refractivity contribution is 9.10. The average molecular weight is 224 g/mol. The van der Waals surface area contributed by atoms with Gasteiger partial charge in [0.1, 0.15) is 10.9 Å². The van der Waals surface area contributed by atoms with Crippen molar-refractivity contribution in [1.82, 2.24) is 4.98 Å². The molecule has 0 aromatic carbocycles. The highest BCUT2D eigenvalue weighted by Crippen LogP contribution is 2.10. The topological polar surface area (TPSA) is 30.0 Å². The summed E-state index contributed by atoms with van der Waals surface area (Å²) < 4.78 is 0.711. The van der Waals surface area contributed by atoms with E-state index in [-0.39, 0.29) is 6.42 Å². The minimum Gasteiger partial charge on any atom is -0.302 e. The number of halogens is 1. The Morgan fingerprint density at radius 3 is 3.17 bits per heavy atom. The fourth-order valence-electron chi connectivity index (χ4n) is 0.667. The van der Waals surface area contributed by atoms with Crippen molar-refractivity contribution in [3.05, 3.63) is 28.5 Å². The average Bonchev–Trinajstić information content (AvgIpc) is 2.09. The van der Waals surface area contributed by atoms with Gasteiger partial charge < -0.3 is 4.79 Å². The summed E-state index contributed by atoms with van der Waals surface area (Å²) in [6.45, 7) is 0. The molecule has 0 amide bonds. The Bertz CT molecular complexity index is 338. The highest BCUT2D eigenvalue weighted by Gasteiger charge is 1.92. The quantitative estimate of drug-likeness (QED) is 0.413. The first-order chi connectivity index (χ1) is 5.84. The molecular weight excluding hydrogens is 218 g/mol. The fraction of sp³-hybridized carbons (Fsp3) is 0.111. The van der Waals surface area contributed by atoms with Crippen molar-refractivity contribution in [2.24, 2.45) is 0 Å². The van der Waals surface area contributed by atoms with Crippen LogP contribution < -0.4 is 0 Å². The molecule has 0 N–H and O–H groups in total. The van der Waals surface area contributed by atoms with Crippen LogP contribution in [-0.4, -0.2) is 11.3 Å². The van der Waals surface area contributed by atoms with Crippen molar-refractivity contribution in [3.8, 4) is 11.8 Å². The van der Waals surface area contributed by atoms with Crippen LogP contribution in [0.1, 0.15) is 12.0 Å². The summed E-state index contributed by atoms with van der Waals surface area (Å²) in [5.41, 5.74) is 0.805. The predicted octanol–water partition coefficient (Wildman–Crippen LogP) is 1.78. The predicted molar refractivity (Wildman–Crippen MR) is 49.5 cm³/mol. The van der Waals surface area contributed by atoms with Gasteiger partial charge in [0, 0.05) is 6.20 Å². The largest absolute Gasteiger partial charge is 0.302 e. The lowest BCUT2D eigenvalue weighted by Crippen LogP contribution is -1.80. The Balaban J connectivity index is 2.84. The first-order valence-corrected chi connectivity index (χ1v) is 4.17. The highest BCUT2D eigenvalue weighted by atomic mass is 79.9. The van der Waals surface area contributed by atoms with Crippen molar-refractivity contribution in [2.45, 2.75) is 6.42 Å². The molecule has 2 nitrogen and oxygen atoms in total. The number of hydrogen-bond donors (Lipinski definition) is 0. The second kappa shape index (κ2) is 4.68. The number of rotatable bonds is 1. The van der Waals surface area contributed by atoms with Gasteiger partial charge >= 0.3 is 0 Å². The van der Waals surface area contributed by atoms with Crippen LogP contribution in [0.5, 0.6) is 0 Å². The third-order valence-corrected chi connectivity index (χ3v) is 1.80. The second-order valence-corrected chi connectivity index (χ2v) is 2.77. The normalized spacial score (nSPS) is 8.42. The Hall–Kier alpha value is -1.14. The van der Waals surface area contributed by atoms with Gasteiger partial charge in [-0.1, -0.05) is 11.8 Å². The number of pyridine rings is 1. The zero-order valence-corrected chi connectivity index (χ0v) is 7.84. The zero-order chi connectivity index (χ0) is 8.81.